The highest BCUT2D eigenvalue weighted by Crippen LogP contribution is 2.44. The maximum Gasteiger partial charge on any atom is 0.410 e. The summed E-state index contributed by atoms with van der Waals surface area (Å²) in [7, 11) is 3.47. The largest absolute Gasteiger partial charge is 0.444 e. The number of piperidine rings is 2. The molecule has 4 aromatic carbocycles. The van der Waals surface area contributed by atoms with Gasteiger partial charge in [0.2, 0.25) is 0 Å². The Morgan fingerprint density at radius 2 is 0.855 bits per heavy atom. The number of nitrogens with zero attached hydrogens (tertiary/aromatic N) is 4. The third-order valence-corrected chi connectivity index (χ3v) is 13.1. The molecule has 2 N–H and O–H groups in total. The summed E-state index contributed by atoms with van der Waals surface area (Å²) in [5, 5.41) is 23.8. The molecular weight excluding hydrogens is 805 g/mol. The van der Waals surface area contributed by atoms with Crippen molar-refractivity contribution < 1.29 is 46.8 Å². The smallest absolute Gasteiger partial charge is 0.410 e. The van der Waals surface area contributed by atoms with E-state index in [1.54, 1.807) is 72.4 Å². The predicted octanol–water partition coefficient (Wildman–Crippen LogP) is 7.51. The molecule has 10 nitrogen and oxygen atoms in total. The Balaban J connectivity index is 0.000000187. The highest BCUT2D eigenvalue weighted by atomic mass is 19.1. The highest BCUT2D eigenvalue weighted by molar-refractivity contribution is 5.69. The molecule has 2 atom stereocenters. The Morgan fingerprint density at radius 1 is 0.532 bits per heavy atom. The van der Waals surface area contributed by atoms with Gasteiger partial charge in [0.1, 0.15) is 46.7 Å². The van der Waals surface area contributed by atoms with Crippen LogP contribution in [0.3, 0.4) is 0 Å². The van der Waals surface area contributed by atoms with Crippen molar-refractivity contribution in [2.24, 2.45) is 11.8 Å². The first kappa shape index (κ1) is 45.0. The van der Waals surface area contributed by atoms with Crippen molar-refractivity contribution in [3.63, 3.8) is 0 Å². The van der Waals surface area contributed by atoms with E-state index >= 15 is 0 Å². The van der Waals surface area contributed by atoms with Crippen LogP contribution in [0.1, 0.15) is 60.8 Å². The molecule has 4 aromatic rings. The lowest BCUT2D eigenvalue weighted by Gasteiger charge is -2.42. The van der Waals surface area contributed by atoms with Gasteiger partial charge in [-0.05, 0) is 154 Å². The van der Waals surface area contributed by atoms with Gasteiger partial charge in [-0.25, -0.2) is 27.2 Å². The fraction of sp³-hybridized carbons (Fsp3) is 0.458. The number of hydrogen-bond acceptors (Lipinski definition) is 8. The first-order chi connectivity index (χ1) is 29.7. The summed E-state index contributed by atoms with van der Waals surface area (Å²) in [6.07, 6.45) is 4.01. The van der Waals surface area contributed by atoms with Gasteiger partial charge in [0, 0.05) is 20.6 Å². The van der Waals surface area contributed by atoms with Crippen molar-refractivity contribution in [2.75, 3.05) is 66.5 Å². The van der Waals surface area contributed by atoms with Gasteiger partial charge in [0.15, 0.2) is 0 Å². The van der Waals surface area contributed by atoms with Crippen molar-refractivity contribution in [1.82, 2.24) is 19.6 Å². The van der Waals surface area contributed by atoms with Crippen LogP contribution in [-0.2, 0) is 20.7 Å². The molecule has 4 aliphatic heterocycles. The molecule has 4 aliphatic rings. The summed E-state index contributed by atoms with van der Waals surface area (Å²) in [5.41, 5.74) is -0.211. The average molecular weight is 861 g/mol. The third-order valence-electron chi connectivity index (χ3n) is 13.1. The number of benzene rings is 4. The van der Waals surface area contributed by atoms with E-state index < -0.39 is 11.2 Å². The zero-order valence-electron chi connectivity index (χ0n) is 35.3. The van der Waals surface area contributed by atoms with Gasteiger partial charge >= 0.3 is 12.2 Å². The number of cyclic esters (lactones) is 2. The number of halogens is 4. The lowest BCUT2D eigenvalue weighted by Crippen LogP contribution is -2.46. The number of likely N-dealkylation sites (tertiary alicyclic amines) is 2. The molecule has 2 unspecified atom stereocenters. The summed E-state index contributed by atoms with van der Waals surface area (Å²) < 4.78 is 64.7. The second-order valence-corrected chi connectivity index (χ2v) is 17.2. The minimum atomic E-state index is -1.34. The van der Waals surface area contributed by atoms with Crippen LogP contribution < -0.4 is 0 Å². The molecule has 0 bridgehead atoms. The number of carbonyl (C=O) groups excluding carboxylic acids is 2. The van der Waals surface area contributed by atoms with E-state index in [0.29, 0.717) is 54.7 Å². The summed E-state index contributed by atoms with van der Waals surface area (Å²) >= 11 is 0. The number of likely N-dealkylation sites (N-methyl/N-ethyl adjacent to an activating group) is 2. The Labute approximate surface area is 360 Å². The molecule has 332 valence electrons. The molecule has 4 heterocycles. The van der Waals surface area contributed by atoms with Gasteiger partial charge in [-0.2, -0.15) is 0 Å². The first-order valence-corrected chi connectivity index (χ1v) is 21.5. The van der Waals surface area contributed by atoms with E-state index in [1.165, 1.54) is 48.5 Å². The minimum Gasteiger partial charge on any atom is -0.444 e. The van der Waals surface area contributed by atoms with Crippen molar-refractivity contribution in [3.8, 4) is 0 Å². The summed E-state index contributed by atoms with van der Waals surface area (Å²) in [4.78, 5) is 30.8. The van der Waals surface area contributed by atoms with Crippen LogP contribution in [0.4, 0.5) is 27.2 Å². The van der Waals surface area contributed by atoms with E-state index in [1.807, 2.05) is 0 Å². The zero-order chi connectivity index (χ0) is 44.0. The molecule has 0 aromatic heterocycles. The predicted molar refractivity (Wildman–Crippen MR) is 225 cm³/mol. The molecule has 2 amide bonds. The summed E-state index contributed by atoms with van der Waals surface area (Å²) in [6.45, 7) is 5.95. The molecule has 4 saturated heterocycles. The van der Waals surface area contributed by atoms with Crippen LogP contribution >= 0.6 is 0 Å². The van der Waals surface area contributed by atoms with E-state index in [9.17, 15) is 37.4 Å². The number of rotatable bonds is 12. The van der Waals surface area contributed by atoms with E-state index in [4.69, 9.17) is 9.47 Å². The van der Waals surface area contributed by atoms with Gasteiger partial charge < -0.3 is 34.4 Å². The maximum absolute atomic E-state index is 13.5. The van der Waals surface area contributed by atoms with Crippen LogP contribution in [-0.4, -0.2) is 121 Å². The van der Waals surface area contributed by atoms with Gasteiger partial charge in [0.05, 0.1) is 13.1 Å². The second kappa shape index (κ2) is 19.6. The third kappa shape index (κ3) is 10.3. The SMILES string of the molecule is CN1CC(CCCN2CCC(C(O)(c3ccc(F)cc3)c3ccc(F)cc3)CC2)OC1=O.CN1CC(CN2CCC(C(O)(c3ccc(F)cc3)c3ccc(F)cc3)CC2)OC1=O. The van der Waals surface area contributed by atoms with Crippen LogP contribution in [0.5, 0.6) is 0 Å². The standard InChI is InChI=1S/C25H30F2N2O3.C23H26F2N2O3/c1-28-17-23(32-24(28)30)3-2-14-29-15-12-20(13-16-29)25(31,18-4-8-21(26)9-5-18)19-6-10-22(27)11-7-19;1-26-14-21(30-22(26)28)15-27-12-10-18(11-13-27)23(29,16-2-6-19(24)7-3-16)17-4-8-20(25)9-5-17/h4-11,20,23,31H,2-3,12-17H2,1H3;2-9,18,21,29H,10-15H2,1H3. The molecule has 0 aliphatic carbocycles. The zero-order valence-corrected chi connectivity index (χ0v) is 35.3. The quantitative estimate of drug-likeness (QED) is 0.141. The molecule has 0 spiro atoms. The Morgan fingerprint density at radius 3 is 1.18 bits per heavy atom. The minimum absolute atomic E-state index is 0.0351. The van der Waals surface area contributed by atoms with Crippen molar-refractivity contribution in [1.29, 1.82) is 0 Å². The van der Waals surface area contributed by atoms with Gasteiger partial charge in [0.25, 0.3) is 0 Å². The second-order valence-electron chi connectivity index (χ2n) is 17.2. The monoisotopic (exact) mass is 860 g/mol. The van der Waals surface area contributed by atoms with Crippen molar-refractivity contribution >= 4 is 12.2 Å². The lowest BCUT2D eigenvalue weighted by atomic mass is 9.72. The van der Waals surface area contributed by atoms with Gasteiger partial charge in [-0.1, -0.05) is 48.5 Å². The molecule has 62 heavy (non-hydrogen) atoms. The Hall–Kier alpha value is -5.02. The molecule has 0 saturated carbocycles. The highest BCUT2D eigenvalue weighted by Gasteiger charge is 2.44. The molecule has 4 fully saturated rings. The molecule has 8 rings (SSSR count). The number of hydrogen-bond donors (Lipinski definition) is 2. The number of ether oxygens (including phenoxy) is 2. The van der Waals surface area contributed by atoms with Gasteiger partial charge in [-0.15, -0.1) is 0 Å². The maximum atomic E-state index is 13.5. The molecule has 14 heteroatoms. The average Bonchev–Trinajstić information content (AvgIpc) is 3.77. The first-order valence-electron chi connectivity index (χ1n) is 21.5. The lowest BCUT2D eigenvalue weighted by molar-refractivity contribution is -0.0185. The van der Waals surface area contributed by atoms with Crippen LogP contribution in [0.15, 0.2) is 97.1 Å². The number of carbonyl (C=O) groups is 2. The molecule has 0 radical (unpaired) electrons. The number of aliphatic hydroxyl groups is 2. The fourth-order valence-corrected chi connectivity index (χ4v) is 9.58. The topological polar surface area (TPSA) is 106 Å². The fourth-order valence-electron chi connectivity index (χ4n) is 9.58. The van der Waals surface area contributed by atoms with Crippen LogP contribution in [0.2, 0.25) is 0 Å². The van der Waals surface area contributed by atoms with E-state index in [0.717, 1.165) is 58.4 Å². The van der Waals surface area contributed by atoms with E-state index in [-0.39, 0.29) is 59.5 Å². The van der Waals surface area contributed by atoms with Gasteiger partial charge in [-0.3, -0.25) is 4.90 Å². The summed E-state index contributed by atoms with van der Waals surface area (Å²) in [5.74, 6) is -1.64. The number of amides is 2. The Bertz CT molecular complexity index is 2000. The van der Waals surface area contributed by atoms with Crippen LogP contribution in [0.25, 0.3) is 0 Å². The summed E-state index contributed by atoms with van der Waals surface area (Å²) in [6, 6.07) is 23.6. The van der Waals surface area contributed by atoms with Crippen molar-refractivity contribution in [2.45, 2.75) is 61.9 Å². The van der Waals surface area contributed by atoms with E-state index in [2.05, 4.69) is 9.80 Å². The normalized spacial score (nSPS) is 20.8. The Kier molecular flexibility index (Phi) is 14.2. The van der Waals surface area contributed by atoms with Crippen molar-refractivity contribution in [3.05, 3.63) is 143 Å². The molecular formula is C48H56F4N4O6. The van der Waals surface area contributed by atoms with Crippen LogP contribution in [0, 0.1) is 35.1 Å².